The van der Waals surface area contributed by atoms with E-state index in [0.717, 1.165) is 29.6 Å². The second-order valence-corrected chi connectivity index (χ2v) is 5.59. The van der Waals surface area contributed by atoms with Crippen molar-refractivity contribution in [3.63, 3.8) is 0 Å². The third-order valence-corrected chi connectivity index (χ3v) is 4.01. The van der Waals surface area contributed by atoms with E-state index in [1.54, 1.807) is 5.48 Å². The molecule has 1 fully saturated rings. The number of aromatic nitrogens is 2. The standard InChI is InChI=1S/C16H14N4O3/c21-14(20-22)11-8-17-15(18-9-11)19-16(5-6-16)13-7-10-3-1-2-4-12(10)23-13/h1-4,7-9,22H,5-6H2,(H,20,21)(H,17,18,19). The molecule has 116 valence electrons. The zero-order chi connectivity index (χ0) is 15.9. The predicted molar refractivity (Wildman–Crippen MR) is 82.0 cm³/mol. The van der Waals surface area contributed by atoms with E-state index in [-0.39, 0.29) is 11.1 Å². The number of nitrogens with zero attached hydrogens (tertiary/aromatic N) is 2. The zero-order valence-electron chi connectivity index (χ0n) is 12.1. The molecule has 0 radical (unpaired) electrons. The van der Waals surface area contributed by atoms with Crippen molar-refractivity contribution in [2.24, 2.45) is 0 Å². The number of carbonyl (C=O) groups excluding carboxylic acids is 1. The van der Waals surface area contributed by atoms with Gasteiger partial charge in [0.25, 0.3) is 5.91 Å². The lowest BCUT2D eigenvalue weighted by atomic mass is 10.2. The molecule has 4 rings (SSSR count). The Morgan fingerprint density at radius 2 is 1.96 bits per heavy atom. The first-order valence-electron chi connectivity index (χ1n) is 7.24. The van der Waals surface area contributed by atoms with Crippen molar-refractivity contribution in [2.75, 3.05) is 5.32 Å². The number of rotatable bonds is 4. The van der Waals surface area contributed by atoms with E-state index in [1.165, 1.54) is 12.4 Å². The van der Waals surface area contributed by atoms with Gasteiger partial charge in [-0.2, -0.15) is 0 Å². The summed E-state index contributed by atoms with van der Waals surface area (Å²) in [4.78, 5) is 19.5. The number of nitrogens with one attached hydrogen (secondary N) is 2. The molecule has 3 N–H and O–H groups in total. The fraction of sp³-hybridized carbons (Fsp3) is 0.188. The first-order valence-corrected chi connectivity index (χ1v) is 7.24. The molecule has 0 saturated heterocycles. The van der Waals surface area contributed by atoms with Gasteiger partial charge >= 0.3 is 0 Å². The van der Waals surface area contributed by atoms with Crippen LogP contribution in [0.2, 0.25) is 0 Å². The maximum absolute atomic E-state index is 11.3. The van der Waals surface area contributed by atoms with Crippen LogP contribution in [0.15, 0.2) is 47.1 Å². The van der Waals surface area contributed by atoms with Gasteiger partial charge in [-0.1, -0.05) is 18.2 Å². The number of furan rings is 1. The highest BCUT2D eigenvalue weighted by molar-refractivity contribution is 5.92. The third-order valence-electron chi connectivity index (χ3n) is 4.01. The van der Waals surface area contributed by atoms with E-state index in [0.29, 0.717) is 5.95 Å². The van der Waals surface area contributed by atoms with Gasteiger partial charge in [-0.15, -0.1) is 0 Å². The smallest absolute Gasteiger partial charge is 0.277 e. The van der Waals surface area contributed by atoms with Gasteiger partial charge in [0.05, 0.1) is 11.1 Å². The van der Waals surface area contributed by atoms with Crippen molar-refractivity contribution in [3.8, 4) is 0 Å². The highest BCUT2D eigenvalue weighted by atomic mass is 16.5. The summed E-state index contributed by atoms with van der Waals surface area (Å²) in [6, 6.07) is 9.90. The van der Waals surface area contributed by atoms with Gasteiger partial charge in [0.15, 0.2) is 0 Å². The number of para-hydroxylation sites is 1. The van der Waals surface area contributed by atoms with Crippen LogP contribution in [0.5, 0.6) is 0 Å². The molecule has 1 aliphatic rings. The van der Waals surface area contributed by atoms with Crippen molar-refractivity contribution < 1.29 is 14.4 Å². The molecule has 0 bridgehead atoms. The van der Waals surface area contributed by atoms with Crippen LogP contribution in [-0.4, -0.2) is 21.1 Å². The molecule has 0 unspecified atom stereocenters. The normalized spacial score (nSPS) is 15.3. The Balaban J connectivity index is 1.59. The van der Waals surface area contributed by atoms with Gasteiger partial charge in [0, 0.05) is 17.8 Å². The topological polar surface area (TPSA) is 100 Å². The van der Waals surface area contributed by atoms with E-state index >= 15 is 0 Å². The molecule has 23 heavy (non-hydrogen) atoms. The van der Waals surface area contributed by atoms with E-state index in [9.17, 15) is 4.79 Å². The number of benzene rings is 1. The molecule has 1 amide bonds. The largest absolute Gasteiger partial charge is 0.459 e. The third kappa shape index (κ3) is 2.40. The predicted octanol–water partition coefficient (Wildman–Crippen LogP) is 2.44. The lowest BCUT2D eigenvalue weighted by Gasteiger charge is -2.14. The van der Waals surface area contributed by atoms with Crippen LogP contribution in [0.4, 0.5) is 5.95 Å². The van der Waals surface area contributed by atoms with Crippen LogP contribution in [0.3, 0.4) is 0 Å². The Kier molecular flexibility index (Phi) is 3.02. The van der Waals surface area contributed by atoms with Crippen LogP contribution in [0.1, 0.15) is 29.0 Å². The minimum atomic E-state index is -0.644. The molecule has 1 aliphatic carbocycles. The van der Waals surface area contributed by atoms with Gasteiger partial charge < -0.3 is 9.73 Å². The minimum Gasteiger partial charge on any atom is -0.459 e. The molecule has 1 saturated carbocycles. The van der Waals surface area contributed by atoms with Crippen LogP contribution >= 0.6 is 0 Å². The molecule has 0 aliphatic heterocycles. The van der Waals surface area contributed by atoms with Crippen molar-refractivity contribution >= 4 is 22.8 Å². The molecule has 2 aromatic heterocycles. The van der Waals surface area contributed by atoms with Gasteiger partial charge in [0.2, 0.25) is 5.95 Å². The Morgan fingerprint density at radius 3 is 2.61 bits per heavy atom. The molecular formula is C16H14N4O3. The van der Waals surface area contributed by atoms with Crippen molar-refractivity contribution in [2.45, 2.75) is 18.4 Å². The second-order valence-electron chi connectivity index (χ2n) is 5.59. The number of amides is 1. The SMILES string of the molecule is O=C(NO)c1cnc(NC2(c3cc4ccccc4o3)CC2)nc1. The summed E-state index contributed by atoms with van der Waals surface area (Å²) in [6.07, 6.45) is 4.56. The molecular weight excluding hydrogens is 296 g/mol. The fourth-order valence-electron chi connectivity index (χ4n) is 2.56. The lowest BCUT2D eigenvalue weighted by Crippen LogP contribution is -2.21. The first kappa shape index (κ1) is 13.7. The van der Waals surface area contributed by atoms with Crippen molar-refractivity contribution in [1.82, 2.24) is 15.4 Å². The van der Waals surface area contributed by atoms with Crippen molar-refractivity contribution in [3.05, 3.63) is 54.0 Å². The number of carbonyl (C=O) groups is 1. The lowest BCUT2D eigenvalue weighted by molar-refractivity contribution is 0.0705. The van der Waals surface area contributed by atoms with Crippen LogP contribution in [-0.2, 0) is 5.54 Å². The zero-order valence-corrected chi connectivity index (χ0v) is 12.1. The maximum atomic E-state index is 11.3. The van der Waals surface area contributed by atoms with E-state index in [2.05, 4.69) is 15.3 Å². The summed E-state index contributed by atoms with van der Waals surface area (Å²) in [6.45, 7) is 0. The van der Waals surface area contributed by atoms with Gasteiger partial charge in [-0.25, -0.2) is 15.4 Å². The molecule has 1 aromatic carbocycles. The van der Waals surface area contributed by atoms with Gasteiger partial charge in [-0.3, -0.25) is 10.0 Å². The van der Waals surface area contributed by atoms with E-state index in [4.69, 9.17) is 9.62 Å². The Labute approximate surface area is 131 Å². The molecule has 3 aromatic rings. The summed E-state index contributed by atoms with van der Waals surface area (Å²) in [5.74, 6) is 0.631. The highest BCUT2D eigenvalue weighted by Crippen LogP contribution is 2.49. The molecule has 2 heterocycles. The van der Waals surface area contributed by atoms with Gasteiger partial charge in [0.1, 0.15) is 11.3 Å². The summed E-state index contributed by atoms with van der Waals surface area (Å²) < 4.78 is 5.93. The molecule has 7 heteroatoms. The monoisotopic (exact) mass is 310 g/mol. The minimum absolute atomic E-state index is 0.187. The summed E-state index contributed by atoms with van der Waals surface area (Å²) in [5.41, 5.74) is 2.30. The molecule has 0 atom stereocenters. The van der Waals surface area contributed by atoms with Crippen LogP contribution in [0, 0.1) is 0 Å². The molecule has 7 nitrogen and oxygen atoms in total. The summed E-state index contributed by atoms with van der Waals surface area (Å²) >= 11 is 0. The Bertz CT molecular complexity index is 835. The fourth-order valence-corrected chi connectivity index (χ4v) is 2.56. The number of anilines is 1. The van der Waals surface area contributed by atoms with Crippen molar-refractivity contribution in [1.29, 1.82) is 0 Å². The van der Waals surface area contributed by atoms with E-state index in [1.807, 2.05) is 30.3 Å². The first-order chi connectivity index (χ1) is 11.2. The van der Waals surface area contributed by atoms with Crippen LogP contribution < -0.4 is 10.8 Å². The average molecular weight is 310 g/mol. The summed E-state index contributed by atoms with van der Waals surface area (Å²) in [7, 11) is 0. The van der Waals surface area contributed by atoms with Crippen LogP contribution in [0.25, 0.3) is 11.0 Å². The number of hydrogen-bond donors (Lipinski definition) is 3. The quantitative estimate of drug-likeness (QED) is 0.505. The number of fused-ring (bicyclic) bond motifs is 1. The summed E-state index contributed by atoms with van der Waals surface area (Å²) in [5, 5.41) is 12.9. The average Bonchev–Trinajstić information content (AvgIpc) is 3.23. The maximum Gasteiger partial charge on any atom is 0.277 e. The number of hydrogen-bond acceptors (Lipinski definition) is 6. The van der Waals surface area contributed by atoms with E-state index < -0.39 is 5.91 Å². The van der Waals surface area contributed by atoms with Gasteiger partial charge in [-0.05, 0) is 25.0 Å². The Hall–Kier alpha value is -2.93. The Morgan fingerprint density at radius 1 is 1.22 bits per heavy atom. The highest BCUT2D eigenvalue weighted by Gasteiger charge is 2.48. The number of hydroxylamine groups is 1. The second kappa shape index (κ2) is 5.06. The molecule has 0 spiro atoms.